The topological polar surface area (TPSA) is 63.4 Å². The van der Waals surface area contributed by atoms with Crippen LogP contribution in [0.4, 0.5) is 5.69 Å². The van der Waals surface area contributed by atoms with E-state index in [-0.39, 0.29) is 10.9 Å². The summed E-state index contributed by atoms with van der Waals surface area (Å²) in [5, 5.41) is 0. The number of nitrogen functional groups attached to an aromatic ring is 1. The summed E-state index contributed by atoms with van der Waals surface area (Å²) >= 11 is 0. The standard InChI is InChI=1S/C14H24N2O2S/c1-6-7-16(10(2)3)19(17,18)13-8-11(4)12(5)14(15)9-13/h8-10H,6-7,15H2,1-5H3. The van der Waals surface area contributed by atoms with Crippen LogP contribution in [0, 0.1) is 13.8 Å². The van der Waals surface area contributed by atoms with Gasteiger partial charge in [0.1, 0.15) is 0 Å². The first-order valence-corrected chi connectivity index (χ1v) is 8.04. The Kier molecular flexibility index (Phi) is 4.98. The molecule has 0 saturated heterocycles. The molecule has 0 unspecified atom stereocenters. The first-order valence-electron chi connectivity index (χ1n) is 6.60. The van der Waals surface area contributed by atoms with Crippen LogP contribution in [0.1, 0.15) is 38.3 Å². The highest BCUT2D eigenvalue weighted by Crippen LogP contribution is 2.25. The summed E-state index contributed by atoms with van der Waals surface area (Å²) in [7, 11) is -3.47. The molecular weight excluding hydrogens is 260 g/mol. The molecule has 0 bridgehead atoms. The Hall–Kier alpha value is -1.07. The van der Waals surface area contributed by atoms with Crippen molar-refractivity contribution in [3.05, 3.63) is 23.3 Å². The van der Waals surface area contributed by atoms with Gasteiger partial charge < -0.3 is 5.73 Å². The molecule has 0 amide bonds. The van der Waals surface area contributed by atoms with E-state index in [1.165, 1.54) is 4.31 Å². The summed E-state index contributed by atoms with van der Waals surface area (Å²) in [5.41, 5.74) is 8.25. The lowest BCUT2D eigenvalue weighted by atomic mass is 10.1. The first-order chi connectivity index (χ1) is 8.71. The molecule has 0 heterocycles. The van der Waals surface area contributed by atoms with Crippen LogP contribution in [0.25, 0.3) is 0 Å². The molecule has 108 valence electrons. The smallest absolute Gasteiger partial charge is 0.243 e. The van der Waals surface area contributed by atoms with Crippen LogP contribution in [0.2, 0.25) is 0 Å². The minimum absolute atomic E-state index is 0.0622. The Labute approximate surface area is 116 Å². The average Bonchev–Trinajstić information content (AvgIpc) is 2.31. The van der Waals surface area contributed by atoms with Crippen molar-refractivity contribution < 1.29 is 8.42 Å². The normalized spacial score (nSPS) is 12.4. The third-order valence-electron chi connectivity index (χ3n) is 3.31. The van der Waals surface area contributed by atoms with Gasteiger partial charge in [-0.15, -0.1) is 0 Å². The van der Waals surface area contributed by atoms with Gasteiger partial charge in [0.15, 0.2) is 0 Å². The number of nitrogens with zero attached hydrogens (tertiary/aromatic N) is 1. The number of nitrogens with two attached hydrogens (primary N) is 1. The quantitative estimate of drug-likeness (QED) is 0.846. The SMILES string of the molecule is CCCN(C(C)C)S(=O)(=O)c1cc(C)c(C)c(N)c1. The van der Waals surface area contributed by atoms with Crippen molar-refractivity contribution in [2.24, 2.45) is 0 Å². The lowest BCUT2D eigenvalue weighted by Gasteiger charge is -2.26. The van der Waals surface area contributed by atoms with Gasteiger partial charge in [0.2, 0.25) is 10.0 Å². The maximum atomic E-state index is 12.6. The molecular formula is C14H24N2O2S. The van der Waals surface area contributed by atoms with E-state index in [0.717, 1.165) is 17.5 Å². The van der Waals surface area contributed by atoms with Gasteiger partial charge in [-0.05, 0) is 57.4 Å². The summed E-state index contributed by atoms with van der Waals surface area (Å²) in [5.74, 6) is 0. The maximum Gasteiger partial charge on any atom is 0.243 e. The molecule has 1 aromatic rings. The van der Waals surface area contributed by atoms with Crippen molar-refractivity contribution in [2.75, 3.05) is 12.3 Å². The van der Waals surface area contributed by atoms with Gasteiger partial charge >= 0.3 is 0 Å². The summed E-state index contributed by atoms with van der Waals surface area (Å²) in [6, 6.07) is 3.20. The van der Waals surface area contributed by atoms with Gasteiger partial charge in [-0.1, -0.05) is 6.92 Å². The molecule has 0 aromatic heterocycles. The molecule has 5 heteroatoms. The Balaban J connectivity index is 3.33. The van der Waals surface area contributed by atoms with E-state index in [0.29, 0.717) is 12.2 Å². The molecule has 0 spiro atoms. The summed E-state index contributed by atoms with van der Waals surface area (Å²) in [4.78, 5) is 0.287. The van der Waals surface area contributed by atoms with Gasteiger partial charge in [-0.3, -0.25) is 0 Å². The fourth-order valence-corrected chi connectivity index (χ4v) is 3.86. The van der Waals surface area contributed by atoms with Crippen LogP contribution < -0.4 is 5.73 Å². The molecule has 1 rings (SSSR count). The molecule has 0 saturated carbocycles. The minimum Gasteiger partial charge on any atom is -0.398 e. The zero-order valence-corrected chi connectivity index (χ0v) is 13.2. The Morgan fingerprint density at radius 2 is 1.84 bits per heavy atom. The Morgan fingerprint density at radius 1 is 1.26 bits per heavy atom. The first kappa shape index (κ1) is 16.0. The predicted molar refractivity (Wildman–Crippen MR) is 79.6 cm³/mol. The Bertz CT molecular complexity index is 528. The number of hydrogen-bond acceptors (Lipinski definition) is 3. The lowest BCUT2D eigenvalue weighted by molar-refractivity contribution is 0.354. The molecule has 0 aliphatic rings. The minimum atomic E-state index is -3.47. The van der Waals surface area contributed by atoms with Crippen LogP contribution in [-0.4, -0.2) is 25.3 Å². The van der Waals surface area contributed by atoms with E-state index in [9.17, 15) is 8.42 Å². The number of hydrogen-bond donors (Lipinski definition) is 1. The highest BCUT2D eigenvalue weighted by atomic mass is 32.2. The second kappa shape index (κ2) is 5.92. The molecule has 1 aromatic carbocycles. The van der Waals surface area contributed by atoms with Gasteiger partial charge in [-0.2, -0.15) is 4.31 Å². The van der Waals surface area contributed by atoms with Crippen molar-refractivity contribution in [1.82, 2.24) is 4.31 Å². The largest absolute Gasteiger partial charge is 0.398 e. The highest BCUT2D eigenvalue weighted by Gasteiger charge is 2.26. The van der Waals surface area contributed by atoms with Crippen LogP contribution in [0.5, 0.6) is 0 Å². The summed E-state index contributed by atoms with van der Waals surface area (Å²) in [6.07, 6.45) is 0.789. The fraction of sp³-hybridized carbons (Fsp3) is 0.571. The zero-order chi connectivity index (χ0) is 14.8. The molecule has 0 aliphatic heterocycles. The molecule has 0 aliphatic carbocycles. The van der Waals surface area contributed by atoms with Gasteiger partial charge in [-0.25, -0.2) is 8.42 Å². The number of sulfonamides is 1. The van der Waals surface area contributed by atoms with Crippen LogP contribution in [-0.2, 0) is 10.0 Å². The van der Waals surface area contributed by atoms with E-state index >= 15 is 0 Å². The lowest BCUT2D eigenvalue weighted by Crippen LogP contribution is -2.37. The highest BCUT2D eigenvalue weighted by molar-refractivity contribution is 7.89. The van der Waals surface area contributed by atoms with Crippen LogP contribution >= 0.6 is 0 Å². The molecule has 2 N–H and O–H groups in total. The molecule has 0 radical (unpaired) electrons. The van der Waals surface area contributed by atoms with E-state index in [2.05, 4.69) is 0 Å². The van der Waals surface area contributed by atoms with Crippen molar-refractivity contribution in [2.45, 2.75) is 52.0 Å². The van der Waals surface area contributed by atoms with Gasteiger partial charge in [0.05, 0.1) is 4.90 Å². The summed E-state index contributed by atoms with van der Waals surface area (Å²) in [6.45, 7) is 10.0. The fourth-order valence-electron chi connectivity index (χ4n) is 2.01. The average molecular weight is 284 g/mol. The van der Waals surface area contributed by atoms with Crippen molar-refractivity contribution in [3.8, 4) is 0 Å². The number of rotatable bonds is 5. The van der Waals surface area contributed by atoms with Gasteiger partial charge in [0.25, 0.3) is 0 Å². The van der Waals surface area contributed by atoms with Crippen molar-refractivity contribution >= 4 is 15.7 Å². The number of benzene rings is 1. The predicted octanol–water partition coefficient (Wildman–Crippen LogP) is 2.69. The number of aryl methyl sites for hydroxylation is 1. The van der Waals surface area contributed by atoms with Crippen molar-refractivity contribution in [3.63, 3.8) is 0 Å². The van der Waals surface area contributed by atoms with E-state index in [4.69, 9.17) is 5.73 Å². The van der Waals surface area contributed by atoms with Crippen molar-refractivity contribution in [1.29, 1.82) is 0 Å². The van der Waals surface area contributed by atoms with Crippen LogP contribution in [0.15, 0.2) is 17.0 Å². The third kappa shape index (κ3) is 3.28. The molecule has 0 fully saturated rings. The van der Waals surface area contributed by atoms with E-state index in [1.807, 2.05) is 34.6 Å². The monoisotopic (exact) mass is 284 g/mol. The third-order valence-corrected chi connectivity index (χ3v) is 5.36. The molecule has 0 atom stereocenters. The zero-order valence-electron chi connectivity index (χ0n) is 12.4. The van der Waals surface area contributed by atoms with E-state index in [1.54, 1.807) is 12.1 Å². The molecule has 4 nitrogen and oxygen atoms in total. The maximum absolute atomic E-state index is 12.6. The second-order valence-corrected chi connectivity index (χ2v) is 7.05. The summed E-state index contributed by atoms with van der Waals surface area (Å²) < 4.78 is 26.8. The van der Waals surface area contributed by atoms with Gasteiger partial charge in [0, 0.05) is 18.3 Å². The second-order valence-electron chi connectivity index (χ2n) is 5.16. The number of anilines is 1. The van der Waals surface area contributed by atoms with Crippen LogP contribution in [0.3, 0.4) is 0 Å². The van der Waals surface area contributed by atoms with E-state index < -0.39 is 10.0 Å². The Morgan fingerprint density at radius 3 is 2.26 bits per heavy atom. The molecule has 19 heavy (non-hydrogen) atoms.